The van der Waals surface area contributed by atoms with Crippen LogP contribution in [0.5, 0.6) is 0 Å². The maximum absolute atomic E-state index is 13.7. The Hall–Kier alpha value is -4.94. The van der Waals surface area contributed by atoms with Crippen molar-refractivity contribution in [2.45, 2.75) is 96.6 Å². The van der Waals surface area contributed by atoms with E-state index >= 15 is 0 Å². The van der Waals surface area contributed by atoms with E-state index in [4.69, 9.17) is 11.5 Å². The molecule has 0 saturated carbocycles. The van der Waals surface area contributed by atoms with Gasteiger partial charge in [0.15, 0.2) is 0 Å². The number of carbonyl (C=O) groups is 6. The van der Waals surface area contributed by atoms with Crippen LogP contribution in [-0.2, 0) is 41.6 Å². The first-order valence-electron chi connectivity index (χ1n) is 18.9. The summed E-state index contributed by atoms with van der Waals surface area (Å²) in [5, 5.41) is 17.7. The highest BCUT2D eigenvalue weighted by Crippen LogP contribution is 2.19. The van der Waals surface area contributed by atoms with Crippen LogP contribution in [-0.4, -0.2) is 112 Å². The molecule has 0 aliphatic rings. The number of nitrogens with one attached hydrogen (secondary N) is 8. The molecule has 0 spiro atoms. The molecule has 56 heavy (non-hydrogen) atoms. The number of hydrogen-bond acceptors (Lipinski definition) is 10. The molecule has 12 N–H and O–H groups in total. The van der Waals surface area contributed by atoms with Gasteiger partial charge in [0, 0.05) is 48.0 Å². The van der Waals surface area contributed by atoms with Gasteiger partial charge in [0.25, 0.3) is 0 Å². The van der Waals surface area contributed by atoms with E-state index in [2.05, 4.69) is 46.9 Å². The van der Waals surface area contributed by atoms with Gasteiger partial charge in [-0.1, -0.05) is 45.9 Å². The molecule has 0 fully saturated rings. The second-order valence-corrected chi connectivity index (χ2v) is 15.7. The normalized spacial score (nSPS) is 14.7. The maximum atomic E-state index is 13.7. The average Bonchev–Trinajstić information content (AvgIpc) is 3.81. The maximum Gasteiger partial charge on any atom is 0.243 e. The summed E-state index contributed by atoms with van der Waals surface area (Å²) < 4.78 is 0. The molecule has 6 atom stereocenters. The largest absolute Gasteiger partial charge is 0.368 e. The Balaban J connectivity index is 1.57. The highest BCUT2D eigenvalue weighted by Gasteiger charge is 2.30. The average molecular weight is 798 g/mol. The summed E-state index contributed by atoms with van der Waals surface area (Å²) >= 11 is 1.60. The first kappa shape index (κ1) is 45.4. The lowest BCUT2D eigenvalue weighted by atomic mass is 10.0. The SMILES string of the molecule is CSCCC(NCC(CC(C)C)NC(=O)[C@H](Cc1cnc[nH]1)NC(=O)CNC(=O)[C@@H](NC(=O)[C@H](C)NC(=O)[C@@H](N)Cc1c[nH]c2ccccc12)C(C)C)C(N)=O. The zero-order chi connectivity index (χ0) is 41.4. The van der Waals surface area contributed by atoms with Crippen molar-refractivity contribution in [3.05, 3.63) is 54.2 Å². The summed E-state index contributed by atoms with van der Waals surface area (Å²) in [5.41, 5.74) is 14.2. The van der Waals surface area contributed by atoms with E-state index in [1.54, 1.807) is 38.0 Å². The van der Waals surface area contributed by atoms with Crippen molar-refractivity contribution >= 4 is 58.1 Å². The number of H-pyrrole nitrogens is 2. The number of thioether (sulfide) groups is 1. The fourth-order valence-electron chi connectivity index (χ4n) is 6.11. The van der Waals surface area contributed by atoms with E-state index in [1.165, 1.54) is 13.3 Å². The van der Waals surface area contributed by atoms with Crippen LogP contribution in [0.3, 0.4) is 0 Å². The van der Waals surface area contributed by atoms with Crippen molar-refractivity contribution in [1.82, 2.24) is 46.9 Å². The van der Waals surface area contributed by atoms with E-state index in [-0.39, 0.29) is 37.3 Å². The molecule has 18 heteroatoms. The van der Waals surface area contributed by atoms with Gasteiger partial charge in [-0.25, -0.2) is 4.98 Å². The van der Waals surface area contributed by atoms with Crippen molar-refractivity contribution in [2.75, 3.05) is 25.1 Å². The Morgan fingerprint density at radius 1 is 0.857 bits per heavy atom. The number of amides is 6. The molecule has 2 aromatic heterocycles. The summed E-state index contributed by atoms with van der Waals surface area (Å²) in [6, 6.07) is 2.71. The second kappa shape index (κ2) is 22.6. The number of primary amides is 1. The molecule has 17 nitrogen and oxygen atoms in total. The zero-order valence-electron chi connectivity index (χ0n) is 33.1. The van der Waals surface area contributed by atoms with Crippen LogP contribution in [0.1, 0.15) is 58.7 Å². The van der Waals surface area contributed by atoms with Crippen LogP contribution in [0.4, 0.5) is 0 Å². The summed E-state index contributed by atoms with van der Waals surface area (Å²) in [5.74, 6) is -2.77. The Morgan fingerprint density at radius 3 is 2.23 bits per heavy atom. The van der Waals surface area contributed by atoms with E-state index in [0.29, 0.717) is 18.5 Å². The quantitative estimate of drug-likeness (QED) is 0.0579. The van der Waals surface area contributed by atoms with Gasteiger partial charge in [-0.2, -0.15) is 11.8 Å². The number of nitrogens with two attached hydrogens (primary N) is 2. The lowest BCUT2D eigenvalue weighted by Gasteiger charge is -2.27. The fourth-order valence-corrected chi connectivity index (χ4v) is 6.58. The van der Waals surface area contributed by atoms with Crippen molar-refractivity contribution in [1.29, 1.82) is 0 Å². The Morgan fingerprint density at radius 2 is 1.59 bits per heavy atom. The first-order chi connectivity index (χ1) is 26.6. The minimum atomic E-state index is -1.04. The van der Waals surface area contributed by atoms with Gasteiger partial charge in [-0.05, 0) is 61.7 Å². The van der Waals surface area contributed by atoms with Crippen molar-refractivity contribution in [2.24, 2.45) is 23.3 Å². The van der Waals surface area contributed by atoms with Crippen molar-refractivity contribution < 1.29 is 28.8 Å². The Bertz CT molecular complexity index is 1750. The van der Waals surface area contributed by atoms with E-state index in [1.807, 2.05) is 44.4 Å². The zero-order valence-corrected chi connectivity index (χ0v) is 33.9. The van der Waals surface area contributed by atoms with Gasteiger partial charge < -0.3 is 53.3 Å². The van der Waals surface area contributed by atoms with Gasteiger partial charge in [0.1, 0.15) is 18.1 Å². The molecular formula is C38H59N11O6S. The van der Waals surface area contributed by atoms with Crippen LogP contribution in [0.2, 0.25) is 0 Å². The molecule has 0 radical (unpaired) electrons. The van der Waals surface area contributed by atoms with Gasteiger partial charge in [-0.3, -0.25) is 28.8 Å². The van der Waals surface area contributed by atoms with Gasteiger partial charge >= 0.3 is 0 Å². The number of benzene rings is 1. The standard InChI is InChI=1S/C38H59N11O6S/c1-21(2)13-26(18-43-30(34(40)51)11-12-56-6)47-37(54)31(15-25-17-41-20-45-25)48-32(50)19-44-38(55)33(22(3)4)49-35(52)23(5)46-36(53)28(39)14-24-16-42-29-10-8-7-9-27(24)29/h7-10,16-17,20-23,26,28,30-31,33,42-43H,11-15,18-19,39H2,1-6H3,(H2,40,51)(H,41,45)(H,44,55)(H,46,53)(H,47,54)(H,48,50)(H,49,52)/t23-,26?,28-,30?,31-,33-/m0/s1. The molecule has 6 amide bonds. The Kier molecular flexibility index (Phi) is 18.3. The second-order valence-electron chi connectivity index (χ2n) is 14.7. The number of fused-ring (bicyclic) bond motifs is 1. The minimum Gasteiger partial charge on any atom is -0.368 e. The van der Waals surface area contributed by atoms with Crippen LogP contribution in [0, 0.1) is 11.8 Å². The molecule has 2 unspecified atom stereocenters. The van der Waals surface area contributed by atoms with E-state index in [0.717, 1.165) is 22.2 Å². The van der Waals surface area contributed by atoms with Crippen molar-refractivity contribution in [3.8, 4) is 0 Å². The number of nitrogens with zero attached hydrogens (tertiary/aromatic N) is 1. The highest BCUT2D eigenvalue weighted by molar-refractivity contribution is 7.98. The molecule has 3 aromatic rings. The van der Waals surface area contributed by atoms with Gasteiger partial charge in [0.05, 0.1) is 25.0 Å². The number of rotatable bonds is 24. The van der Waals surface area contributed by atoms with Gasteiger partial charge in [0.2, 0.25) is 35.4 Å². The van der Waals surface area contributed by atoms with E-state index < -0.39 is 72.2 Å². The number of imidazole rings is 1. The topological polar surface area (TPSA) is 271 Å². The van der Waals surface area contributed by atoms with Crippen LogP contribution >= 0.6 is 11.8 Å². The monoisotopic (exact) mass is 797 g/mol. The molecule has 3 rings (SSSR count). The van der Waals surface area contributed by atoms with Crippen LogP contribution in [0.25, 0.3) is 10.9 Å². The summed E-state index contributed by atoms with van der Waals surface area (Å²) in [6.45, 7) is 8.78. The molecule has 308 valence electrons. The molecule has 0 bridgehead atoms. The smallest absolute Gasteiger partial charge is 0.243 e. The molecule has 0 aliphatic carbocycles. The first-order valence-corrected chi connectivity index (χ1v) is 20.3. The number of hydrogen-bond donors (Lipinski definition) is 10. The highest BCUT2D eigenvalue weighted by atomic mass is 32.2. The number of aromatic amines is 2. The van der Waals surface area contributed by atoms with Crippen LogP contribution in [0.15, 0.2) is 43.0 Å². The van der Waals surface area contributed by atoms with Crippen molar-refractivity contribution in [3.63, 3.8) is 0 Å². The van der Waals surface area contributed by atoms with Gasteiger partial charge in [-0.15, -0.1) is 0 Å². The summed E-state index contributed by atoms with van der Waals surface area (Å²) in [4.78, 5) is 88.3. The summed E-state index contributed by atoms with van der Waals surface area (Å²) in [6.07, 6.45) is 8.22. The number of carbonyl (C=O) groups excluding carboxylic acids is 6. The molecular weight excluding hydrogens is 739 g/mol. The van der Waals surface area contributed by atoms with Crippen LogP contribution < -0.4 is 43.4 Å². The predicted molar refractivity (Wildman–Crippen MR) is 217 cm³/mol. The molecule has 0 aliphatic heterocycles. The molecule has 1 aromatic carbocycles. The third-order valence-electron chi connectivity index (χ3n) is 9.17. The third kappa shape index (κ3) is 14.6. The van der Waals surface area contributed by atoms with E-state index in [9.17, 15) is 28.8 Å². The lowest BCUT2D eigenvalue weighted by Crippen LogP contribution is -2.58. The number of aromatic nitrogens is 3. The predicted octanol–water partition coefficient (Wildman–Crippen LogP) is -0.0225. The fraction of sp³-hybridized carbons (Fsp3) is 0.553. The minimum absolute atomic E-state index is 0.0880. The number of para-hydroxylation sites is 1. The summed E-state index contributed by atoms with van der Waals surface area (Å²) in [7, 11) is 0. The lowest BCUT2D eigenvalue weighted by molar-refractivity contribution is -0.133. The molecule has 0 saturated heterocycles. The Labute approximate surface area is 332 Å². The third-order valence-corrected chi connectivity index (χ3v) is 9.82. The molecule has 2 heterocycles.